The number of aromatic nitrogens is 4. The van der Waals surface area contributed by atoms with Crippen LogP contribution in [-0.4, -0.2) is 39.0 Å². The van der Waals surface area contributed by atoms with E-state index in [-0.39, 0.29) is 11.4 Å². The Morgan fingerprint density at radius 3 is 2.65 bits per heavy atom. The van der Waals surface area contributed by atoms with E-state index in [4.69, 9.17) is 16.2 Å². The van der Waals surface area contributed by atoms with Crippen LogP contribution in [-0.2, 0) is 0 Å². The molecule has 1 amide bonds. The Kier molecular flexibility index (Phi) is 3.79. The third kappa shape index (κ3) is 2.39. The second-order valence-corrected chi connectivity index (χ2v) is 4.65. The molecule has 2 heterocycles. The average Bonchev–Trinajstić information content (AvgIpc) is 2.73. The minimum Gasteiger partial charge on any atom is -0.481 e. The molecule has 20 heavy (non-hydrogen) atoms. The van der Waals surface area contributed by atoms with E-state index in [1.54, 1.807) is 13.0 Å². The van der Waals surface area contributed by atoms with Crippen molar-refractivity contribution in [2.45, 2.75) is 12.1 Å². The molecule has 2 aromatic heterocycles. The summed E-state index contributed by atoms with van der Waals surface area (Å²) < 4.78 is 6.45. The lowest BCUT2D eigenvalue weighted by molar-refractivity contribution is 0.100. The van der Waals surface area contributed by atoms with Crippen LogP contribution in [0.25, 0.3) is 5.82 Å². The zero-order valence-electron chi connectivity index (χ0n) is 11.2. The summed E-state index contributed by atoms with van der Waals surface area (Å²) in [7, 11) is 1.50. The largest absolute Gasteiger partial charge is 0.481 e. The lowest BCUT2D eigenvalue weighted by atomic mass is 10.2. The van der Waals surface area contributed by atoms with Crippen molar-refractivity contribution >= 4 is 23.5 Å². The van der Waals surface area contributed by atoms with Crippen LogP contribution in [0.4, 0.5) is 5.82 Å². The number of primary amides is 1. The molecule has 106 valence electrons. The van der Waals surface area contributed by atoms with Crippen LogP contribution in [0.15, 0.2) is 11.2 Å². The maximum absolute atomic E-state index is 11.4. The summed E-state index contributed by atoms with van der Waals surface area (Å²) in [6.45, 7) is 1.65. The number of methoxy groups -OCH3 is 1. The van der Waals surface area contributed by atoms with Gasteiger partial charge >= 0.3 is 0 Å². The number of thioether (sulfide) groups is 1. The van der Waals surface area contributed by atoms with Gasteiger partial charge in [-0.15, -0.1) is 0 Å². The Labute approximate surface area is 119 Å². The SMILES string of the molecule is COc1cc(-n2nc(C)c(C(N)=O)c2N)nc(SC)n1. The van der Waals surface area contributed by atoms with Crippen molar-refractivity contribution in [3.8, 4) is 11.7 Å². The van der Waals surface area contributed by atoms with E-state index in [1.807, 2.05) is 6.26 Å². The van der Waals surface area contributed by atoms with E-state index >= 15 is 0 Å². The van der Waals surface area contributed by atoms with Crippen LogP contribution >= 0.6 is 11.8 Å². The quantitative estimate of drug-likeness (QED) is 0.617. The highest BCUT2D eigenvalue weighted by Gasteiger charge is 2.19. The number of anilines is 1. The number of nitrogen functional groups attached to an aromatic ring is 1. The fourth-order valence-electron chi connectivity index (χ4n) is 1.72. The lowest BCUT2D eigenvalue weighted by Crippen LogP contribution is -2.14. The Hall–Kier alpha value is -2.29. The van der Waals surface area contributed by atoms with Gasteiger partial charge in [0.15, 0.2) is 11.0 Å². The van der Waals surface area contributed by atoms with Gasteiger partial charge in [-0.05, 0) is 13.2 Å². The number of hydrogen-bond donors (Lipinski definition) is 2. The predicted octanol–water partition coefficient (Wildman–Crippen LogP) is 0.382. The summed E-state index contributed by atoms with van der Waals surface area (Å²) in [5.74, 6) is 0.307. The van der Waals surface area contributed by atoms with Gasteiger partial charge in [-0.25, -0.2) is 4.98 Å². The highest BCUT2D eigenvalue weighted by Crippen LogP contribution is 2.23. The molecule has 8 nitrogen and oxygen atoms in total. The molecule has 0 saturated heterocycles. The second-order valence-electron chi connectivity index (χ2n) is 3.88. The van der Waals surface area contributed by atoms with Gasteiger partial charge in [-0.3, -0.25) is 4.79 Å². The molecule has 0 aliphatic carbocycles. The van der Waals surface area contributed by atoms with E-state index in [0.717, 1.165) is 0 Å². The number of hydrogen-bond acceptors (Lipinski definition) is 7. The van der Waals surface area contributed by atoms with Crippen molar-refractivity contribution in [3.05, 3.63) is 17.3 Å². The van der Waals surface area contributed by atoms with Crippen molar-refractivity contribution in [2.24, 2.45) is 5.73 Å². The van der Waals surface area contributed by atoms with Gasteiger partial charge in [0, 0.05) is 6.07 Å². The molecule has 2 rings (SSSR count). The van der Waals surface area contributed by atoms with Gasteiger partial charge in [0.25, 0.3) is 5.91 Å². The van der Waals surface area contributed by atoms with E-state index < -0.39 is 5.91 Å². The molecule has 0 bridgehead atoms. The van der Waals surface area contributed by atoms with Crippen molar-refractivity contribution in [1.29, 1.82) is 0 Å². The number of nitrogens with zero attached hydrogens (tertiary/aromatic N) is 4. The number of ether oxygens (including phenoxy) is 1. The van der Waals surface area contributed by atoms with Crippen molar-refractivity contribution in [2.75, 3.05) is 19.1 Å². The standard InChI is InChI=1S/C11H14N6O2S/c1-5-8(10(13)18)9(12)17(16-5)6-4-7(19-2)15-11(14-6)20-3/h4H,12H2,1-3H3,(H2,13,18). The zero-order chi connectivity index (χ0) is 14.9. The molecule has 0 aromatic carbocycles. The van der Waals surface area contributed by atoms with Gasteiger partial charge in [-0.1, -0.05) is 11.8 Å². The molecule has 0 aliphatic heterocycles. The van der Waals surface area contributed by atoms with Gasteiger partial charge in [-0.2, -0.15) is 14.8 Å². The predicted molar refractivity (Wildman–Crippen MR) is 75.2 cm³/mol. The summed E-state index contributed by atoms with van der Waals surface area (Å²) in [6, 6.07) is 1.58. The molecule has 0 fully saturated rings. The minimum absolute atomic E-state index is 0.141. The Balaban J connectivity index is 2.62. The summed E-state index contributed by atoms with van der Waals surface area (Å²) in [5, 5.41) is 4.70. The molecular weight excluding hydrogens is 280 g/mol. The Bertz CT molecular complexity index is 647. The fourth-order valence-corrected chi connectivity index (χ4v) is 2.09. The maximum Gasteiger partial charge on any atom is 0.254 e. The summed E-state index contributed by atoms with van der Waals surface area (Å²) in [4.78, 5) is 19.8. The first-order valence-electron chi connectivity index (χ1n) is 5.60. The monoisotopic (exact) mass is 294 g/mol. The number of carbonyl (C=O) groups excluding carboxylic acids is 1. The lowest BCUT2D eigenvalue weighted by Gasteiger charge is -2.07. The van der Waals surface area contributed by atoms with Gasteiger partial charge in [0.2, 0.25) is 5.88 Å². The van der Waals surface area contributed by atoms with Crippen LogP contribution in [0.2, 0.25) is 0 Å². The van der Waals surface area contributed by atoms with Crippen LogP contribution in [0.3, 0.4) is 0 Å². The van der Waals surface area contributed by atoms with Gasteiger partial charge in [0.05, 0.1) is 12.8 Å². The molecule has 0 aliphatic rings. The van der Waals surface area contributed by atoms with Gasteiger partial charge in [0.1, 0.15) is 11.4 Å². The highest BCUT2D eigenvalue weighted by atomic mass is 32.2. The molecule has 0 spiro atoms. The summed E-state index contributed by atoms with van der Waals surface area (Å²) in [6.07, 6.45) is 1.84. The van der Waals surface area contributed by atoms with E-state index in [0.29, 0.717) is 22.5 Å². The van der Waals surface area contributed by atoms with Crippen molar-refractivity contribution in [1.82, 2.24) is 19.7 Å². The summed E-state index contributed by atoms with van der Waals surface area (Å²) >= 11 is 1.35. The minimum atomic E-state index is -0.627. The third-order valence-corrected chi connectivity index (χ3v) is 3.17. The van der Waals surface area contributed by atoms with Crippen molar-refractivity contribution < 1.29 is 9.53 Å². The van der Waals surface area contributed by atoms with Gasteiger partial charge < -0.3 is 16.2 Å². The number of amides is 1. The topological polar surface area (TPSA) is 122 Å². The molecule has 2 aromatic rings. The maximum atomic E-state index is 11.4. The molecule has 9 heteroatoms. The van der Waals surface area contributed by atoms with Crippen molar-refractivity contribution in [3.63, 3.8) is 0 Å². The van der Waals surface area contributed by atoms with Crippen LogP contribution in [0, 0.1) is 6.92 Å². The smallest absolute Gasteiger partial charge is 0.254 e. The van der Waals surface area contributed by atoms with E-state index in [9.17, 15) is 4.79 Å². The Morgan fingerprint density at radius 2 is 2.15 bits per heavy atom. The summed E-state index contributed by atoms with van der Waals surface area (Å²) in [5.41, 5.74) is 11.8. The first-order chi connectivity index (χ1) is 9.47. The molecule has 4 N–H and O–H groups in total. The molecular formula is C11H14N6O2S. The molecule has 0 radical (unpaired) electrons. The molecule has 0 unspecified atom stereocenters. The normalized spacial score (nSPS) is 10.6. The average molecular weight is 294 g/mol. The van der Waals surface area contributed by atoms with Crippen LogP contribution in [0.1, 0.15) is 16.1 Å². The number of rotatable bonds is 4. The highest BCUT2D eigenvalue weighted by molar-refractivity contribution is 7.98. The first-order valence-corrected chi connectivity index (χ1v) is 6.82. The van der Waals surface area contributed by atoms with Crippen LogP contribution in [0.5, 0.6) is 5.88 Å². The number of aryl methyl sites for hydroxylation is 1. The number of nitrogens with two attached hydrogens (primary N) is 2. The second kappa shape index (κ2) is 5.37. The zero-order valence-corrected chi connectivity index (χ0v) is 12.1. The van der Waals surface area contributed by atoms with E-state index in [2.05, 4.69) is 15.1 Å². The molecule has 0 saturated carbocycles. The third-order valence-electron chi connectivity index (χ3n) is 2.62. The van der Waals surface area contributed by atoms with E-state index in [1.165, 1.54) is 23.6 Å². The first kappa shape index (κ1) is 14.1. The fraction of sp³-hybridized carbons (Fsp3) is 0.273. The number of carbonyl (C=O) groups is 1. The van der Waals surface area contributed by atoms with Crippen LogP contribution < -0.4 is 16.2 Å². The molecule has 0 atom stereocenters. The Morgan fingerprint density at radius 1 is 1.45 bits per heavy atom.